The van der Waals surface area contributed by atoms with Gasteiger partial charge >= 0.3 is 6.09 Å². The molecule has 3 aromatic rings. The number of aromatic nitrogens is 2. The number of nitrogen functional groups attached to an aromatic ring is 1. The number of methoxy groups -OCH3 is 1. The average Bonchev–Trinajstić information content (AvgIpc) is 2.94. The summed E-state index contributed by atoms with van der Waals surface area (Å²) in [6, 6.07) is 7.93. The zero-order valence-electron chi connectivity index (χ0n) is 25.5. The average molecular weight is 648 g/mol. The molecule has 0 bridgehead atoms. The zero-order chi connectivity index (χ0) is 32.2. The first-order chi connectivity index (χ1) is 20.7. The predicted molar refractivity (Wildman–Crippen MR) is 173 cm³/mol. The van der Waals surface area contributed by atoms with E-state index in [1.165, 1.54) is 24.4 Å². The van der Waals surface area contributed by atoms with Gasteiger partial charge in [-0.1, -0.05) is 11.6 Å². The number of ether oxygens (including phenoxy) is 3. The second-order valence-electron chi connectivity index (χ2n) is 11.3. The molecule has 1 aromatic heterocycles. The molecule has 0 atom stereocenters. The first kappa shape index (κ1) is 32.9. The van der Waals surface area contributed by atoms with Crippen molar-refractivity contribution in [2.24, 2.45) is 0 Å². The van der Waals surface area contributed by atoms with Crippen LogP contribution in [0.1, 0.15) is 34.6 Å². The normalized spacial score (nSPS) is 13.9. The van der Waals surface area contributed by atoms with Crippen LogP contribution in [0.25, 0.3) is 0 Å². The van der Waals surface area contributed by atoms with Crippen LogP contribution in [0.4, 0.5) is 45.0 Å². The highest BCUT2D eigenvalue weighted by Gasteiger charge is 2.25. The smallest absolute Gasteiger partial charge is 0.412 e. The lowest BCUT2D eigenvalue weighted by Crippen LogP contribution is -2.36. The van der Waals surface area contributed by atoms with Crippen LogP contribution in [0.15, 0.2) is 41.4 Å². The van der Waals surface area contributed by atoms with Gasteiger partial charge in [0.25, 0.3) is 0 Å². The maximum atomic E-state index is 13.2. The van der Waals surface area contributed by atoms with Gasteiger partial charge in [0, 0.05) is 24.8 Å². The number of halogens is 1. The largest absolute Gasteiger partial charge is 0.494 e. The van der Waals surface area contributed by atoms with E-state index in [-0.39, 0.29) is 27.4 Å². The summed E-state index contributed by atoms with van der Waals surface area (Å²) in [5.41, 5.74) is 8.00. The van der Waals surface area contributed by atoms with Gasteiger partial charge in [0.2, 0.25) is 5.95 Å². The fourth-order valence-corrected chi connectivity index (χ4v) is 5.64. The topological polar surface area (TPSA) is 170 Å². The first-order valence-corrected chi connectivity index (χ1v) is 15.8. The zero-order valence-corrected chi connectivity index (χ0v) is 27.1. The van der Waals surface area contributed by atoms with Crippen molar-refractivity contribution in [1.82, 2.24) is 9.97 Å². The van der Waals surface area contributed by atoms with Crippen LogP contribution in [0.3, 0.4) is 0 Å². The third-order valence-electron chi connectivity index (χ3n) is 6.50. The van der Waals surface area contributed by atoms with Gasteiger partial charge in [0.1, 0.15) is 16.4 Å². The van der Waals surface area contributed by atoms with Crippen LogP contribution in [-0.4, -0.2) is 68.7 Å². The maximum Gasteiger partial charge on any atom is 0.412 e. The van der Waals surface area contributed by atoms with E-state index >= 15 is 0 Å². The Labute approximate surface area is 262 Å². The molecular formula is C29H38ClN7O6S. The predicted octanol–water partition coefficient (Wildman–Crippen LogP) is 5.57. The summed E-state index contributed by atoms with van der Waals surface area (Å²) in [7, 11) is -2.21. The van der Waals surface area contributed by atoms with Gasteiger partial charge in [-0.15, -0.1) is 0 Å². The molecule has 0 unspecified atom stereocenters. The number of anilines is 7. The number of carbonyl (C=O) groups is 1. The van der Waals surface area contributed by atoms with E-state index in [1.54, 1.807) is 47.8 Å². The molecule has 0 aliphatic carbocycles. The highest BCUT2D eigenvalue weighted by Crippen LogP contribution is 2.38. The molecule has 5 N–H and O–H groups in total. The molecule has 15 heteroatoms. The second-order valence-corrected chi connectivity index (χ2v) is 14.2. The van der Waals surface area contributed by atoms with Gasteiger partial charge in [-0.05, 0) is 58.9 Å². The molecule has 0 saturated carbocycles. The number of benzene rings is 2. The second kappa shape index (κ2) is 13.3. The molecular weight excluding hydrogens is 610 g/mol. The van der Waals surface area contributed by atoms with Crippen molar-refractivity contribution in [2.45, 2.75) is 50.4 Å². The molecule has 238 valence electrons. The van der Waals surface area contributed by atoms with Crippen molar-refractivity contribution < 1.29 is 27.4 Å². The third-order valence-corrected chi connectivity index (χ3v) is 8.98. The van der Waals surface area contributed by atoms with E-state index in [0.29, 0.717) is 49.1 Å². The summed E-state index contributed by atoms with van der Waals surface area (Å²) in [4.78, 5) is 23.3. The molecule has 1 fully saturated rings. The number of nitrogens with two attached hydrogens (primary N) is 1. The molecule has 2 aromatic carbocycles. The number of nitrogens with one attached hydrogen (secondary N) is 3. The maximum absolute atomic E-state index is 13.2. The molecule has 1 amide bonds. The Morgan fingerprint density at radius 2 is 1.82 bits per heavy atom. The Kier molecular flexibility index (Phi) is 9.96. The summed E-state index contributed by atoms with van der Waals surface area (Å²) in [6.07, 6.45) is 0.679. The number of carbonyl (C=O) groups excluding carboxylic acids is 1. The Morgan fingerprint density at radius 1 is 1.11 bits per heavy atom. The van der Waals surface area contributed by atoms with Crippen molar-refractivity contribution in [1.29, 1.82) is 0 Å². The van der Waals surface area contributed by atoms with Gasteiger partial charge in [-0.2, -0.15) is 4.98 Å². The van der Waals surface area contributed by atoms with Gasteiger partial charge in [0.15, 0.2) is 15.7 Å². The number of hydrogen-bond donors (Lipinski definition) is 4. The standard InChI is InChI=1S/C29H38ClN7O6S/c1-17(2)44(39,40)25-8-7-18(33-28(38)43-29(3,4)5)13-22(25)34-26-19(30)16-32-27(36-26)35-21-14-20(31)23(15-24(21)41-6)37-9-11-42-12-10-37/h7-8,13-17H,9-12,31H2,1-6H3,(H,33,38)(H2,32,34,35,36). The van der Waals surface area contributed by atoms with Gasteiger partial charge in [-0.25, -0.2) is 18.2 Å². The van der Waals surface area contributed by atoms with E-state index < -0.39 is 26.8 Å². The minimum Gasteiger partial charge on any atom is -0.494 e. The van der Waals surface area contributed by atoms with Crippen molar-refractivity contribution in [3.05, 3.63) is 41.6 Å². The van der Waals surface area contributed by atoms with Gasteiger partial charge < -0.3 is 35.5 Å². The van der Waals surface area contributed by atoms with Gasteiger partial charge in [0.05, 0.1) is 59.4 Å². The highest BCUT2D eigenvalue weighted by molar-refractivity contribution is 7.92. The van der Waals surface area contributed by atoms with E-state index in [9.17, 15) is 13.2 Å². The molecule has 0 spiro atoms. The fourth-order valence-electron chi connectivity index (χ4n) is 4.32. The molecule has 4 rings (SSSR count). The van der Waals surface area contributed by atoms with E-state index in [4.69, 9.17) is 31.5 Å². The number of morpholine rings is 1. The Morgan fingerprint density at radius 3 is 2.45 bits per heavy atom. The molecule has 1 aliphatic rings. The monoisotopic (exact) mass is 647 g/mol. The lowest BCUT2D eigenvalue weighted by molar-refractivity contribution is 0.0636. The van der Waals surface area contributed by atoms with Crippen molar-refractivity contribution in [3.8, 4) is 5.75 Å². The lowest BCUT2D eigenvalue weighted by atomic mass is 10.2. The van der Waals surface area contributed by atoms with Crippen LogP contribution in [-0.2, 0) is 19.3 Å². The summed E-state index contributed by atoms with van der Waals surface area (Å²) in [5, 5.41) is 8.16. The number of hydrogen-bond acceptors (Lipinski definition) is 12. The Balaban J connectivity index is 1.66. The van der Waals surface area contributed by atoms with Crippen LogP contribution >= 0.6 is 11.6 Å². The SMILES string of the molecule is COc1cc(N2CCOCC2)c(N)cc1Nc1ncc(Cl)c(Nc2cc(NC(=O)OC(C)(C)C)ccc2S(=O)(=O)C(C)C)n1. The quantitative estimate of drug-likeness (QED) is 0.213. The molecule has 13 nitrogen and oxygen atoms in total. The van der Waals surface area contributed by atoms with E-state index in [2.05, 4.69) is 30.8 Å². The molecule has 1 saturated heterocycles. The minimum atomic E-state index is -3.75. The number of sulfone groups is 1. The number of rotatable bonds is 9. The summed E-state index contributed by atoms with van der Waals surface area (Å²) < 4.78 is 42.9. The van der Waals surface area contributed by atoms with Crippen molar-refractivity contribution >= 4 is 67.7 Å². The van der Waals surface area contributed by atoms with Crippen molar-refractivity contribution in [3.63, 3.8) is 0 Å². The van der Waals surface area contributed by atoms with E-state index in [0.717, 1.165) is 5.69 Å². The van der Waals surface area contributed by atoms with E-state index in [1.807, 2.05) is 6.07 Å². The summed E-state index contributed by atoms with van der Waals surface area (Å²) in [6.45, 7) is 11.0. The molecule has 0 radical (unpaired) electrons. The molecule has 44 heavy (non-hydrogen) atoms. The van der Waals surface area contributed by atoms with Crippen LogP contribution in [0.5, 0.6) is 5.75 Å². The number of amides is 1. The summed E-state index contributed by atoms with van der Waals surface area (Å²) in [5.74, 6) is 0.778. The van der Waals surface area contributed by atoms with Crippen LogP contribution in [0.2, 0.25) is 5.02 Å². The van der Waals surface area contributed by atoms with Crippen molar-refractivity contribution in [2.75, 3.05) is 60.0 Å². The Hall–Kier alpha value is -4.01. The minimum absolute atomic E-state index is 0.000397. The molecule has 2 heterocycles. The highest BCUT2D eigenvalue weighted by atomic mass is 35.5. The summed E-state index contributed by atoms with van der Waals surface area (Å²) >= 11 is 6.45. The van der Waals surface area contributed by atoms with Crippen LogP contribution < -0.4 is 31.3 Å². The van der Waals surface area contributed by atoms with Gasteiger partial charge in [-0.3, -0.25) is 5.32 Å². The fraction of sp³-hybridized carbons (Fsp3) is 0.414. The lowest BCUT2D eigenvalue weighted by Gasteiger charge is -2.30. The van der Waals surface area contributed by atoms with Crippen LogP contribution in [0, 0.1) is 0 Å². The third kappa shape index (κ3) is 7.92. The first-order valence-electron chi connectivity index (χ1n) is 13.9. The molecule has 1 aliphatic heterocycles. The number of nitrogens with zero attached hydrogens (tertiary/aromatic N) is 3. The Bertz CT molecular complexity index is 1620.